The molecule has 0 radical (unpaired) electrons. The topological polar surface area (TPSA) is 12.0 Å². The summed E-state index contributed by atoms with van der Waals surface area (Å²) in [6, 6.07) is 1.69. The summed E-state index contributed by atoms with van der Waals surface area (Å²) in [5.74, 6) is -0.446. The molecule has 0 bridgehead atoms. The van der Waals surface area contributed by atoms with Crippen LogP contribution in [0, 0.1) is 0 Å². The van der Waals surface area contributed by atoms with Crippen molar-refractivity contribution in [1.82, 2.24) is 5.32 Å². The first-order valence-corrected chi connectivity index (χ1v) is 6.05. The molecule has 114 valence electrons. The van der Waals surface area contributed by atoms with Crippen LogP contribution in [0.4, 0.5) is 26.3 Å². The zero-order valence-electron chi connectivity index (χ0n) is 11.0. The standard InChI is InChI=1S/C13H15F6N/c1-3-20-7-8(2)9-4-10(12(14,15)16)6-11(5-9)13(17,18)19/h4-6,8,20H,3,7H2,1-2H3. The van der Waals surface area contributed by atoms with Crippen molar-refractivity contribution in [2.24, 2.45) is 0 Å². The molecule has 0 aliphatic heterocycles. The van der Waals surface area contributed by atoms with Crippen LogP contribution in [-0.4, -0.2) is 13.1 Å². The molecule has 1 aromatic rings. The Kier molecular flexibility index (Phi) is 5.07. The van der Waals surface area contributed by atoms with Crippen LogP contribution < -0.4 is 5.32 Å². The van der Waals surface area contributed by atoms with Crippen LogP contribution in [-0.2, 0) is 12.4 Å². The van der Waals surface area contributed by atoms with Crippen molar-refractivity contribution in [3.8, 4) is 0 Å². The SMILES string of the molecule is CCNCC(C)c1cc(C(F)(F)F)cc(C(F)(F)F)c1. The summed E-state index contributed by atoms with van der Waals surface area (Å²) < 4.78 is 76.0. The third kappa shape index (κ3) is 4.40. The van der Waals surface area contributed by atoms with Gasteiger partial charge in [0.1, 0.15) is 0 Å². The van der Waals surface area contributed by atoms with E-state index in [4.69, 9.17) is 0 Å². The molecular weight excluding hydrogens is 284 g/mol. The van der Waals surface area contributed by atoms with Crippen molar-refractivity contribution in [3.05, 3.63) is 34.9 Å². The number of likely N-dealkylation sites (N-methyl/N-ethyl adjacent to an activating group) is 1. The zero-order valence-corrected chi connectivity index (χ0v) is 11.0. The minimum Gasteiger partial charge on any atom is -0.316 e. The molecule has 0 saturated heterocycles. The van der Waals surface area contributed by atoms with Crippen LogP contribution in [0.25, 0.3) is 0 Å². The summed E-state index contributed by atoms with van der Waals surface area (Å²) in [4.78, 5) is 0. The summed E-state index contributed by atoms with van der Waals surface area (Å²) in [6.07, 6.45) is -9.60. The molecule has 1 nitrogen and oxygen atoms in total. The van der Waals surface area contributed by atoms with Gasteiger partial charge in [-0.15, -0.1) is 0 Å². The molecule has 0 aliphatic rings. The highest BCUT2D eigenvalue weighted by molar-refractivity contribution is 5.35. The number of nitrogens with one attached hydrogen (secondary N) is 1. The van der Waals surface area contributed by atoms with Crippen LogP contribution in [0.2, 0.25) is 0 Å². The van der Waals surface area contributed by atoms with E-state index in [9.17, 15) is 26.3 Å². The average Bonchev–Trinajstić information content (AvgIpc) is 2.33. The Bertz CT molecular complexity index is 417. The minimum absolute atomic E-state index is 0.0214. The van der Waals surface area contributed by atoms with Gasteiger partial charge in [-0.2, -0.15) is 26.3 Å². The van der Waals surface area contributed by atoms with Gasteiger partial charge in [-0.25, -0.2) is 0 Å². The molecule has 0 aromatic heterocycles. The smallest absolute Gasteiger partial charge is 0.316 e. The number of rotatable bonds is 4. The summed E-state index contributed by atoms with van der Waals surface area (Å²) in [5.41, 5.74) is -2.52. The van der Waals surface area contributed by atoms with Crippen molar-refractivity contribution in [2.75, 3.05) is 13.1 Å². The second-order valence-electron chi connectivity index (χ2n) is 4.55. The Morgan fingerprint density at radius 3 is 1.75 bits per heavy atom. The maximum atomic E-state index is 12.7. The lowest BCUT2D eigenvalue weighted by Gasteiger charge is -2.18. The molecule has 0 saturated carbocycles. The van der Waals surface area contributed by atoms with Gasteiger partial charge in [0.15, 0.2) is 0 Å². The maximum absolute atomic E-state index is 12.7. The number of alkyl halides is 6. The Morgan fingerprint density at radius 1 is 0.950 bits per heavy atom. The first kappa shape index (κ1) is 16.8. The van der Waals surface area contributed by atoms with Gasteiger partial charge < -0.3 is 5.32 Å². The molecule has 1 atom stereocenters. The molecule has 0 aliphatic carbocycles. The van der Waals surface area contributed by atoms with E-state index in [-0.39, 0.29) is 11.6 Å². The van der Waals surface area contributed by atoms with Gasteiger partial charge in [-0.05, 0) is 36.2 Å². The molecule has 0 amide bonds. The first-order chi connectivity index (χ1) is 9.05. The second-order valence-corrected chi connectivity index (χ2v) is 4.55. The van der Waals surface area contributed by atoms with Crippen molar-refractivity contribution in [2.45, 2.75) is 32.1 Å². The molecule has 7 heteroatoms. The highest BCUT2D eigenvalue weighted by Crippen LogP contribution is 2.37. The second kappa shape index (κ2) is 6.03. The van der Waals surface area contributed by atoms with E-state index in [2.05, 4.69) is 5.32 Å². The van der Waals surface area contributed by atoms with Gasteiger partial charge in [-0.1, -0.05) is 13.8 Å². The molecular formula is C13H15F6N. The summed E-state index contributed by atoms with van der Waals surface area (Å²) in [5, 5.41) is 2.90. The molecule has 1 N–H and O–H groups in total. The molecule has 1 unspecified atom stereocenters. The van der Waals surface area contributed by atoms with Gasteiger partial charge in [0, 0.05) is 6.54 Å². The normalized spacial score (nSPS) is 14.4. The minimum atomic E-state index is -4.80. The summed E-state index contributed by atoms with van der Waals surface area (Å²) in [7, 11) is 0. The Morgan fingerprint density at radius 2 is 1.40 bits per heavy atom. The Hall–Kier alpha value is -1.24. The Labute approximate surface area is 113 Å². The fourth-order valence-electron chi connectivity index (χ4n) is 1.74. The van der Waals surface area contributed by atoms with Gasteiger partial charge in [0.25, 0.3) is 0 Å². The zero-order chi connectivity index (χ0) is 15.6. The maximum Gasteiger partial charge on any atom is 0.416 e. The van der Waals surface area contributed by atoms with Gasteiger partial charge in [0.05, 0.1) is 11.1 Å². The predicted molar refractivity (Wildman–Crippen MR) is 63.4 cm³/mol. The number of hydrogen-bond donors (Lipinski definition) is 1. The van der Waals surface area contributed by atoms with Crippen molar-refractivity contribution in [1.29, 1.82) is 0 Å². The quantitative estimate of drug-likeness (QED) is 0.811. The lowest BCUT2D eigenvalue weighted by atomic mass is 9.95. The van der Waals surface area contributed by atoms with E-state index in [1.165, 1.54) is 0 Å². The number of benzene rings is 1. The fraction of sp³-hybridized carbons (Fsp3) is 0.538. The van der Waals surface area contributed by atoms with Crippen molar-refractivity contribution in [3.63, 3.8) is 0 Å². The summed E-state index contributed by atoms with van der Waals surface area (Å²) >= 11 is 0. The lowest BCUT2D eigenvalue weighted by Crippen LogP contribution is -2.20. The van der Waals surface area contributed by atoms with Crippen LogP contribution >= 0.6 is 0 Å². The van der Waals surface area contributed by atoms with Crippen LogP contribution in [0.5, 0.6) is 0 Å². The van der Waals surface area contributed by atoms with Gasteiger partial charge >= 0.3 is 12.4 Å². The molecule has 20 heavy (non-hydrogen) atoms. The molecule has 0 spiro atoms. The third-order valence-electron chi connectivity index (χ3n) is 2.88. The van der Waals surface area contributed by atoms with Gasteiger partial charge in [0.2, 0.25) is 0 Å². The van der Waals surface area contributed by atoms with E-state index in [0.717, 1.165) is 12.1 Å². The molecule has 1 aromatic carbocycles. The van der Waals surface area contributed by atoms with Crippen LogP contribution in [0.3, 0.4) is 0 Å². The van der Waals surface area contributed by atoms with E-state index in [1.54, 1.807) is 13.8 Å². The average molecular weight is 299 g/mol. The number of hydrogen-bond acceptors (Lipinski definition) is 1. The van der Waals surface area contributed by atoms with Gasteiger partial charge in [-0.3, -0.25) is 0 Å². The number of halogens is 6. The van der Waals surface area contributed by atoms with Crippen molar-refractivity contribution >= 4 is 0 Å². The largest absolute Gasteiger partial charge is 0.416 e. The monoisotopic (exact) mass is 299 g/mol. The third-order valence-corrected chi connectivity index (χ3v) is 2.88. The molecule has 1 rings (SSSR count). The van der Waals surface area contributed by atoms with E-state index < -0.39 is 29.4 Å². The molecule has 0 fully saturated rings. The Balaban J connectivity index is 3.24. The summed E-state index contributed by atoms with van der Waals surface area (Å²) in [6.45, 7) is 4.29. The van der Waals surface area contributed by atoms with E-state index >= 15 is 0 Å². The highest BCUT2D eigenvalue weighted by Gasteiger charge is 2.37. The van der Waals surface area contributed by atoms with Crippen molar-refractivity contribution < 1.29 is 26.3 Å². The van der Waals surface area contributed by atoms with Crippen LogP contribution in [0.15, 0.2) is 18.2 Å². The highest BCUT2D eigenvalue weighted by atomic mass is 19.4. The predicted octanol–water partition coefficient (Wildman–Crippen LogP) is 4.44. The van der Waals surface area contributed by atoms with E-state index in [0.29, 0.717) is 13.1 Å². The first-order valence-electron chi connectivity index (χ1n) is 6.05. The lowest BCUT2D eigenvalue weighted by molar-refractivity contribution is -0.143. The van der Waals surface area contributed by atoms with E-state index in [1.807, 2.05) is 0 Å². The fourth-order valence-corrected chi connectivity index (χ4v) is 1.74. The molecule has 0 heterocycles. The van der Waals surface area contributed by atoms with Crippen LogP contribution in [0.1, 0.15) is 36.5 Å².